The Hall–Kier alpha value is -8.18. The lowest BCUT2D eigenvalue weighted by molar-refractivity contribution is 1.15. The lowest BCUT2D eigenvalue weighted by atomic mass is 10.1. The number of fused-ring (bicyclic) bond motifs is 3. The van der Waals surface area contributed by atoms with E-state index >= 15 is 0 Å². The van der Waals surface area contributed by atoms with E-state index < -0.39 is 8.07 Å². The third kappa shape index (κ3) is 5.33. The minimum atomic E-state index is -2.80. The molecular weight excluding hydrogens is 791 g/mol. The highest BCUT2D eigenvalue weighted by Crippen LogP contribution is 2.43. The molecule has 0 radical (unpaired) electrons. The van der Waals surface area contributed by atoms with Crippen LogP contribution in [0.2, 0.25) is 0 Å². The first-order valence-corrected chi connectivity index (χ1v) is 24.1. The summed E-state index contributed by atoms with van der Waals surface area (Å²) in [7, 11) is -2.80. The van der Waals surface area contributed by atoms with Crippen molar-refractivity contribution >= 4 is 83.5 Å². The second-order valence-electron chi connectivity index (χ2n) is 16.9. The maximum atomic E-state index is 2.46. The number of hydrogen-bond acceptors (Lipinski definition) is 0. The van der Waals surface area contributed by atoms with Crippen molar-refractivity contribution in [1.82, 2.24) is 13.7 Å². The Kier molecular flexibility index (Phi) is 8.23. The van der Waals surface area contributed by atoms with Crippen LogP contribution < -0.4 is 20.7 Å². The third-order valence-electron chi connectivity index (χ3n) is 13.6. The molecule has 0 aliphatic heterocycles. The van der Waals surface area contributed by atoms with E-state index in [0.29, 0.717) is 0 Å². The van der Waals surface area contributed by atoms with Crippen LogP contribution in [0.1, 0.15) is 0 Å². The normalized spacial score (nSPS) is 12.1. The van der Waals surface area contributed by atoms with Crippen molar-refractivity contribution in [1.29, 1.82) is 0 Å². The van der Waals surface area contributed by atoms with Gasteiger partial charge in [0.1, 0.15) is 0 Å². The van der Waals surface area contributed by atoms with E-state index in [1.807, 2.05) is 0 Å². The highest BCUT2D eigenvalue weighted by atomic mass is 28.3. The number of para-hydroxylation sites is 2. The fourth-order valence-corrected chi connectivity index (χ4v) is 15.7. The van der Waals surface area contributed by atoms with Gasteiger partial charge in [0.25, 0.3) is 0 Å². The summed E-state index contributed by atoms with van der Waals surface area (Å²) < 4.78 is 7.32. The van der Waals surface area contributed by atoms with Crippen LogP contribution >= 0.6 is 0 Å². The standard InChI is InChI=1S/C60H41N3Si/c1-5-18-42(19-6-1)43-20-15-27-50(40-43)64(47-23-9-3-10-24-47,48-25-11-4-12-26-48)49-37-34-45(35-38-49)61-53-29-14-13-28-51(53)52-41-46(36-39-54(52)61)63-57-32-16-30-55-59(57)60-56(31-17-33-58(60)63)62(55)44-21-7-2-8-22-44/h1-41H. The molecule has 3 nitrogen and oxygen atoms in total. The Labute approximate surface area is 372 Å². The van der Waals surface area contributed by atoms with Crippen molar-refractivity contribution in [2.24, 2.45) is 0 Å². The molecule has 13 rings (SSSR count). The van der Waals surface area contributed by atoms with Crippen molar-refractivity contribution < 1.29 is 0 Å². The van der Waals surface area contributed by atoms with Gasteiger partial charge in [-0.05, 0) is 105 Å². The minimum Gasteiger partial charge on any atom is -0.309 e. The fraction of sp³-hybridized carbons (Fsp3) is 0. The summed E-state index contributed by atoms with van der Waals surface area (Å²) in [4.78, 5) is 0. The summed E-state index contributed by atoms with van der Waals surface area (Å²) in [5, 5.41) is 10.5. The summed E-state index contributed by atoms with van der Waals surface area (Å²) >= 11 is 0. The highest BCUT2D eigenvalue weighted by Gasteiger charge is 2.41. The van der Waals surface area contributed by atoms with E-state index in [1.165, 1.54) is 92.2 Å². The Bertz CT molecular complexity index is 3700. The molecular formula is C60H41N3Si. The van der Waals surface area contributed by atoms with Crippen molar-refractivity contribution in [2.45, 2.75) is 0 Å². The van der Waals surface area contributed by atoms with Crippen molar-refractivity contribution in [2.75, 3.05) is 0 Å². The SMILES string of the molecule is c1ccc(-c2cccc([Si](c3ccccc3)(c3ccccc3)c3ccc(-n4c5ccccc5c5cc(-n6c7cccc8c7c7c(cccc76)n8-c6ccccc6)ccc54)cc3)c2)cc1. The average Bonchev–Trinajstić information content (AvgIpc) is 4.02. The quantitative estimate of drug-likeness (QED) is 0.107. The number of rotatable bonds is 8. The summed E-state index contributed by atoms with van der Waals surface area (Å²) in [5.41, 5.74) is 13.2. The predicted octanol–water partition coefficient (Wildman–Crippen LogP) is 12.3. The minimum absolute atomic E-state index is 1.14. The first-order chi connectivity index (χ1) is 31.8. The van der Waals surface area contributed by atoms with Crippen molar-refractivity contribution in [3.05, 3.63) is 249 Å². The van der Waals surface area contributed by atoms with Gasteiger partial charge in [-0.15, -0.1) is 0 Å². The molecule has 0 aliphatic rings. The summed E-state index contributed by atoms with van der Waals surface area (Å²) in [6.07, 6.45) is 0. The zero-order chi connectivity index (χ0) is 42.2. The monoisotopic (exact) mass is 831 g/mol. The van der Waals surface area contributed by atoms with E-state index in [0.717, 1.165) is 11.4 Å². The first-order valence-electron chi connectivity index (χ1n) is 22.1. The topological polar surface area (TPSA) is 14.8 Å². The van der Waals surface area contributed by atoms with Gasteiger partial charge >= 0.3 is 0 Å². The largest absolute Gasteiger partial charge is 0.309 e. The maximum Gasteiger partial charge on any atom is 0.179 e. The molecule has 0 unspecified atom stereocenters. The Morgan fingerprint density at radius 3 is 1.27 bits per heavy atom. The summed E-state index contributed by atoms with van der Waals surface area (Å²) in [6.45, 7) is 0. The van der Waals surface area contributed by atoms with Crippen LogP contribution in [0.5, 0.6) is 0 Å². The zero-order valence-electron chi connectivity index (χ0n) is 35.0. The highest BCUT2D eigenvalue weighted by molar-refractivity contribution is 7.19. The number of aromatic nitrogens is 3. The van der Waals surface area contributed by atoms with Gasteiger partial charge in [0.05, 0.1) is 33.1 Å². The Balaban J connectivity index is 0.986. The molecule has 0 amide bonds. The van der Waals surface area contributed by atoms with Crippen LogP contribution in [0.3, 0.4) is 0 Å². The summed E-state index contributed by atoms with van der Waals surface area (Å²) in [5.74, 6) is 0. The van der Waals surface area contributed by atoms with Crippen LogP contribution in [-0.4, -0.2) is 21.8 Å². The fourth-order valence-electron chi connectivity index (χ4n) is 10.9. The van der Waals surface area contributed by atoms with Crippen LogP contribution in [0.25, 0.3) is 82.8 Å². The Morgan fingerprint density at radius 2 is 0.641 bits per heavy atom. The van der Waals surface area contributed by atoms with Crippen molar-refractivity contribution in [3.63, 3.8) is 0 Å². The molecule has 0 saturated heterocycles. The smallest absolute Gasteiger partial charge is 0.179 e. The number of hydrogen-bond donors (Lipinski definition) is 0. The van der Waals surface area contributed by atoms with Gasteiger partial charge < -0.3 is 13.7 Å². The van der Waals surface area contributed by atoms with Gasteiger partial charge in [0.15, 0.2) is 8.07 Å². The molecule has 3 heterocycles. The maximum absolute atomic E-state index is 2.80. The lowest BCUT2D eigenvalue weighted by Gasteiger charge is -2.35. The second-order valence-corrected chi connectivity index (χ2v) is 20.7. The van der Waals surface area contributed by atoms with E-state index in [-0.39, 0.29) is 0 Å². The van der Waals surface area contributed by atoms with Crippen LogP contribution in [0.4, 0.5) is 0 Å². The molecule has 0 bridgehead atoms. The molecule has 13 aromatic rings. The molecule has 300 valence electrons. The molecule has 0 N–H and O–H groups in total. The molecule has 4 heteroatoms. The second kappa shape index (κ2) is 14.5. The third-order valence-corrected chi connectivity index (χ3v) is 18.3. The number of benzene rings is 10. The molecule has 0 fully saturated rings. The van der Waals surface area contributed by atoms with E-state index in [1.54, 1.807) is 0 Å². The molecule has 0 saturated carbocycles. The van der Waals surface area contributed by atoms with Crippen LogP contribution in [0.15, 0.2) is 249 Å². The average molecular weight is 832 g/mol. The lowest BCUT2D eigenvalue weighted by Crippen LogP contribution is -2.74. The van der Waals surface area contributed by atoms with Crippen LogP contribution in [0, 0.1) is 0 Å². The van der Waals surface area contributed by atoms with Gasteiger partial charge in [-0.2, -0.15) is 0 Å². The van der Waals surface area contributed by atoms with Gasteiger partial charge in [-0.3, -0.25) is 0 Å². The van der Waals surface area contributed by atoms with Crippen LogP contribution in [-0.2, 0) is 0 Å². The van der Waals surface area contributed by atoms with E-state index in [4.69, 9.17) is 0 Å². The molecule has 3 aromatic heterocycles. The molecule has 0 atom stereocenters. The van der Waals surface area contributed by atoms with Gasteiger partial charge in [0, 0.05) is 38.6 Å². The van der Waals surface area contributed by atoms with Gasteiger partial charge in [-0.25, -0.2) is 0 Å². The van der Waals surface area contributed by atoms with E-state index in [2.05, 4.69) is 262 Å². The zero-order valence-corrected chi connectivity index (χ0v) is 36.0. The Morgan fingerprint density at radius 1 is 0.234 bits per heavy atom. The molecule has 0 spiro atoms. The number of nitrogens with zero attached hydrogens (tertiary/aromatic N) is 3. The van der Waals surface area contributed by atoms with Gasteiger partial charge in [0.2, 0.25) is 0 Å². The molecule has 0 aliphatic carbocycles. The van der Waals surface area contributed by atoms with E-state index in [9.17, 15) is 0 Å². The molecule has 64 heavy (non-hydrogen) atoms. The predicted molar refractivity (Wildman–Crippen MR) is 272 cm³/mol. The first kappa shape index (κ1) is 36.5. The van der Waals surface area contributed by atoms with Crippen molar-refractivity contribution in [3.8, 4) is 28.2 Å². The summed E-state index contributed by atoms with van der Waals surface area (Å²) in [6, 6.07) is 92.1. The van der Waals surface area contributed by atoms with Gasteiger partial charge in [-0.1, -0.05) is 176 Å². The molecule has 10 aromatic carbocycles.